The van der Waals surface area contributed by atoms with E-state index >= 15 is 0 Å². The summed E-state index contributed by atoms with van der Waals surface area (Å²) >= 11 is 4.95. The molecule has 0 aliphatic carbocycles. The molecule has 1 rings (SSSR count). The molecular formula is C13H20N2OS. The molecule has 0 aliphatic rings. The number of hydrogen-bond acceptors (Lipinski definition) is 3. The quantitative estimate of drug-likeness (QED) is 0.595. The van der Waals surface area contributed by atoms with Gasteiger partial charge in [-0.05, 0) is 32.5 Å². The van der Waals surface area contributed by atoms with Crippen molar-refractivity contribution in [2.45, 2.75) is 19.4 Å². The highest BCUT2D eigenvalue weighted by Crippen LogP contribution is 2.08. The topological polar surface area (TPSA) is 38.5 Å². The largest absolute Gasteiger partial charge is 0.494 e. The van der Waals surface area contributed by atoms with Crippen molar-refractivity contribution in [3.63, 3.8) is 0 Å². The minimum atomic E-state index is 0.140. The number of likely N-dealkylation sites (N-methyl/N-ethyl adjacent to an activating group) is 1. The summed E-state index contributed by atoms with van der Waals surface area (Å²) < 4.78 is 5.61. The molecule has 3 nitrogen and oxygen atoms in total. The molecule has 0 fully saturated rings. The molecule has 0 radical (unpaired) electrons. The number of ether oxygens (including phenoxy) is 1. The Balaban J connectivity index is 2.18. The summed E-state index contributed by atoms with van der Waals surface area (Å²) in [5.74, 6) is 0.914. The summed E-state index contributed by atoms with van der Waals surface area (Å²) in [5.41, 5.74) is 5.59. The summed E-state index contributed by atoms with van der Waals surface area (Å²) in [4.78, 5) is 2.67. The lowest BCUT2D eigenvalue weighted by Gasteiger charge is -2.23. The van der Waals surface area contributed by atoms with Crippen molar-refractivity contribution in [1.29, 1.82) is 0 Å². The molecule has 0 aliphatic heterocycles. The van der Waals surface area contributed by atoms with E-state index in [-0.39, 0.29) is 6.04 Å². The van der Waals surface area contributed by atoms with Crippen molar-refractivity contribution in [3.05, 3.63) is 30.3 Å². The van der Waals surface area contributed by atoms with Crippen molar-refractivity contribution < 1.29 is 4.74 Å². The van der Waals surface area contributed by atoms with Crippen LogP contribution in [0.2, 0.25) is 0 Å². The molecule has 0 aromatic heterocycles. The predicted molar refractivity (Wildman–Crippen MR) is 75.4 cm³/mol. The lowest BCUT2D eigenvalue weighted by molar-refractivity contribution is 0.253. The number of nitrogens with zero attached hydrogens (tertiary/aromatic N) is 1. The molecule has 2 N–H and O–H groups in total. The van der Waals surface area contributed by atoms with Gasteiger partial charge in [-0.25, -0.2) is 0 Å². The Labute approximate surface area is 109 Å². The Hall–Kier alpha value is -1.13. The van der Waals surface area contributed by atoms with Gasteiger partial charge in [0.05, 0.1) is 17.6 Å². The molecule has 1 aromatic rings. The molecule has 0 saturated heterocycles. The fourth-order valence-electron chi connectivity index (χ4n) is 1.43. The van der Waals surface area contributed by atoms with Crippen LogP contribution in [0.1, 0.15) is 13.3 Å². The summed E-state index contributed by atoms with van der Waals surface area (Å²) in [7, 11) is 2.02. The molecule has 0 amide bonds. The number of rotatable bonds is 7. The van der Waals surface area contributed by atoms with Crippen LogP contribution in [0.15, 0.2) is 30.3 Å². The van der Waals surface area contributed by atoms with Crippen molar-refractivity contribution in [2.24, 2.45) is 5.73 Å². The highest BCUT2D eigenvalue weighted by atomic mass is 32.1. The molecule has 1 unspecified atom stereocenters. The van der Waals surface area contributed by atoms with E-state index in [2.05, 4.69) is 4.90 Å². The summed E-state index contributed by atoms with van der Waals surface area (Å²) in [5, 5.41) is 0. The second-order valence-electron chi connectivity index (χ2n) is 4.07. The molecule has 0 bridgehead atoms. The van der Waals surface area contributed by atoms with Gasteiger partial charge >= 0.3 is 0 Å². The van der Waals surface area contributed by atoms with Crippen molar-refractivity contribution in [1.82, 2.24) is 4.90 Å². The summed E-state index contributed by atoms with van der Waals surface area (Å²) in [6, 6.07) is 9.97. The normalized spacial score (nSPS) is 12.4. The van der Waals surface area contributed by atoms with E-state index < -0.39 is 0 Å². The van der Waals surface area contributed by atoms with Crippen LogP contribution >= 0.6 is 12.2 Å². The second kappa shape index (κ2) is 7.25. The number of thiocarbonyl (C=S) groups is 1. The van der Waals surface area contributed by atoms with E-state index in [0.717, 1.165) is 18.7 Å². The molecule has 94 valence electrons. The van der Waals surface area contributed by atoms with E-state index in [1.165, 1.54) is 0 Å². The highest BCUT2D eigenvalue weighted by Gasteiger charge is 2.10. The van der Waals surface area contributed by atoms with Gasteiger partial charge in [0.1, 0.15) is 5.75 Å². The van der Waals surface area contributed by atoms with E-state index in [1.54, 1.807) is 0 Å². The third kappa shape index (κ3) is 5.15. The zero-order valence-electron chi connectivity index (χ0n) is 10.4. The third-order valence-electron chi connectivity index (χ3n) is 2.74. The fraction of sp³-hybridized carbons (Fsp3) is 0.462. The van der Waals surface area contributed by atoms with Crippen LogP contribution in [-0.2, 0) is 0 Å². The van der Waals surface area contributed by atoms with Crippen molar-refractivity contribution in [2.75, 3.05) is 20.2 Å². The lowest BCUT2D eigenvalue weighted by atomic mass is 10.3. The molecular weight excluding hydrogens is 232 g/mol. The van der Waals surface area contributed by atoms with Crippen LogP contribution in [0, 0.1) is 0 Å². The number of nitrogens with two attached hydrogens (primary N) is 1. The summed E-state index contributed by atoms with van der Waals surface area (Å²) in [6.07, 6.45) is 0.957. The zero-order chi connectivity index (χ0) is 12.7. The molecule has 1 aromatic carbocycles. The maximum absolute atomic E-state index is 5.61. The smallest absolute Gasteiger partial charge is 0.119 e. The molecule has 17 heavy (non-hydrogen) atoms. The minimum Gasteiger partial charge on any atom is -0.494 e. The van der Waals surface area contributed by atoms with Crippen LogP contribution in [0.4, 0.5) is 0 Å². The average molecular weight is 252 g/mol. The Morgan fingerprint density at radius 2 is 2.06 bits per heavy atom. The first-order chi connectivity index (χ1) is 8.11. The number of para-hydroxylation sites is 1. The van der Waals surface area contributed by atoms with Crippen LogP contribution in [-0.4, -0.2) is 36.1 Å². The van der Waals surface area contributed by atoms with Crippen LogP contribution < -0.4 is 10.5 Å². The average Bonchev–Trinajstić information content (AvgIpc) is 2.34. The van der Waals surface area contributed by atoms with Crippen LogP contribution in [0.25, 0.3) is 0 Å². The Bertz CT molecular complexity index is 343. The number of benzene rings is 1. The maximum atomic E-state index is 5.61. The standard InChI is InChI=1S/C13H20N2OS/c1-11(13(14)17)15(2)9-6-10-16-12-7-4-3-5-8-12/h3-5,7-8,11H,6,9-10H2,1-2H3,(H2,14,17). The maximum Gasteiger partial charge on any atom is 0.119 e. The second-order valence-corrected chi connectivity index (χ2v) is 4.55. The molecule has 0 saturated carbocycles. The van der Waals surface area contributed by atoms with Crippen molar-refractivity contribution >= 4 is 17.2 Å². The molecule has 4 heteroatoms. The Morgan fingerprint density at radius 1 is 1.41 bits per heavy atom. The highest BCUT2D eigenvalue weighted by molar-refractivity contribution is 7.80. The monoisotopic (exact) mass is 252 g/mol. The van der Waals surface area contributed by atoms with Gasteiger partial charge in [-0.2, -0.15) is 0 Å². The SMILES string of the molecule is CC(C(N)=S)N(C)CCCOc1ccccc1. The van der Waals surface area contributed by atoms with Gasteiger partial charge in [-0.3, -0.25) is 4.90 Å². The predicted octanol–water partition coefficient (Wildman–Crippen LogP) is 2.06. The van der Waals surface area contributed by atoms with E-state index in [0.29, 0.717) is 11.6 Å². The first kappa shape index (κ1) is 13.9. The van der Waals surface area contributed by atoms with Crippen molar-refractivity contribution in [3.8, 4) is 5.75 Å². The number of hydrogen-bond donors (Lipinski definition) is 1. The summed E-state index contributed by atoms with van der Waals surface area (Å²) in [6.45, 7) is 3.64. The van der Waals surface area contributed by atoms with Gasteiger partial charge in [0, 0.05) is 6.54 Å². The van der Waals surface area contributed by atoms with Crippen LogP contribution in [0.5, 0.6) is 5.75 Å². The van der Waals surface area contributed by atoms with Gasteiger partial charge < -0.3 is 10.5 Å². The fourth-order valence-corrected chi connectivity index (χ4v) is 1.61. The molecule has 0 heterocycles. The Morgan fingerprint density at radius 3 is 2.65 bits per heavy atom. The third-order valence-corrected chi connectivity index (χ3v) is 3.08. The van der Waals surface area contributed by atoms with Gasteiger partial charge in [0.15, 0.2) is 0 Å². The van der Waals surface area contributed by atoms with E-state index in [1.807, 2.05) is 44.3 Å². The van der Waals surface area contributed by atoms with Gasteiger partial charge in [0.2, 0.25) is 0 Å². The zero-order valence-corrected chi connectivity index (χ0v) is 11.2. The molecule has 0 spiro atoms. The van der Waals surface area contributed by atoms with Gasteiger partial charge in [-0.1, -0.05) is 30.4 Å². The minimum absolute atomic E-state index is 0.140. The molecule has 1 atom stereocenters. The van der Waals surface area contributed by atoms with E-state index in [9.17, 15) is 0 Å². The lowest BCUT2D eigenvalue weighted by Crippen LogP contribution is -2.39. The van der Waals surface area contributed by atoms with E-state index in [4.69, 9.17) is 22.7 Å². The van der Waals surface area contributed by atoms with Crippen LogP contribution in [0.3, 0.4) is 0 Å². The first-order valence-corrected chi connectivity index (χ1v) is 6.19. The van der Waals surface area contributed by atoms with Gasteiger partial charge in [0.25, 0.3) is 0 Å². The Kier molecular flexibility index (Phi) is 5.94. The van der Waals surface area contributed by atoms with Gasteiger partial charge in [-0.15, -0.1) is 0 Å². The first-order valence-electron chi connectivity index (χ1n) is 5.78.